The van der Waals surface area contributed by atoms with Crippen LogP contribution in [-0.2, 0) is 17.9 Å². The lowest BCUT2D eigenvalue weighted by molar-refractivity contribution is -0.119. The Morgan fingerprint density at radius 1 is 1.15 bits per heavy atom. The van der Waals surface area contributed by atoms with Gasteiger partial charge in [0.25, 0.3) is 0 Å². The Morgan fingerprint density at radius 3 is 2.55 bits per heavy atom. The number of pyridine rings is 1. The predicted octanol–water partition coefficient (Wildman–Crippen LogP) is 1.15. The molecule has 0 spiro atoms. The van der Waals surface area contributed by atoms with E-state index in [2.05, 4.69) is 4.98 Å². The van der Waals surface area contributed by atoms with E-state index >= 15 is 0 Å². The highest BCUT2D eigenvalue weighted by molar-refractivity contribution is 5.75. The third kappa shape index (κ3) is 4.37. The summed E-state index contributed by atoms with van der Waals surface area (Å²) in [6.45, 7) is 1.43. The standard InChI is InChI=1S/C15H18N4O/c16-14-5-1-3-12(7-14)9-19(11-15(17)20)10-13-4-2-6-18-8-13/h1-8H,9-11,16H2,(H2,17,20). The van der Waals surface area contributed by atoms with Crippen molar-refractivity contribution in [2.45, 2.75) is 13.1 Å². The lowest BCUT2D eigenvalue weighted by Crippen LogP contribution is -2.33. The molecular weight excluding hydrogens is 252 g/mol. The lowest BCUT2D eigenvalue weighted by atomic mass is 10.1. The molecule has 0 fully saturated rings. The van der Waals surface area contributed by atoms with Crippen LogP contribution in [0.4, 0.5) is 5.69 Å². The molecule has 2 aromatic rings. The third-order valence-corrected chi connectivity index (χ3v) is 2.87. The smallest absolute Gasteiger partial charge is 0.231 e. The van der Waals surface area contributed by atoms with Gasteiger partial charge in [-0.1, -0.05) is 18.2 Å². The highest BCUT2D eigenvalue weighted by atomic mass is 16.1. The number of nitrogens with zero attached hydrogens (tertiary/aromatic N) is 2. The number of carbonyl (C=O) groups excluding carboxylic acids is 1. The molecule has 1 aromatic carbocycles. The SMILES string of the molecule is NC(=O)CN(Cc1cccnc1)Cc1cccc(N)c1. The molecule has 0 radical (unpaired) electrons. The van der Waals surface area contributed by atoms with Crippen molar-refractivity contribution < 1.29 is 4.79 Å². The van der Waals surface area contributed by atoms with Crippen LogP contribution in [0.1, 0.15) is 11.1 Å². The Balaban J connectivity index is 2.09. The van der Waals surface area contributed by atoms with Gasteiger partial charge in [-0.15, -0.1) is 0 Å². The molecule has 20 heavy (non-hydrogen) atoms. The number of nitrogens with two attached hydrogens (primary N) is 2. The van der Waals surface area contributed by atoms with Gasteiger partial charge in [-0.25, -0.2) is 0 Å². The summed E-state index contributed by atoms with van der Waals surface area (Å²) in [5, 5.41) is 0. The molecule has 104 valence electrons. The number of anilines is 1. The van der Waals surface area contributed by atoms with E-state index in [1.54, 1.807) is 12.4 Å². The van der Waals surface area contributed by atoms with E-state index < -0.39 is 0 Å². The van der Waals surface area contributed by atoms with Gasteiger partial charge >= 0.3 is 0 Å². The summed E-state index contributed by atoms with van der Waals surface area (Å²) in [5.41, 5.74) is 13.9. The van der Waals surface area contributed by atoms with Gasteiger partial charge in [0.15, 0.2) is 0 Å². The molecule has 0 aliphatic heterocycles. The maximum atomic E-state index is 11.2. The first-order chi connectivity index (χ1) is 9.63. The van der Waals surface area contributed by atoms with Gasteiger partial charge in [-0.3, -0.25) is 14.7 Å². The van der Waals surface area contributed by atoms with E-state index in [-0.39, 0.29) is 12.5 Å². The molecule has 0 aliphatic rings. The number of rotatable bonds is 6. The third-order valence-electron chi connectivity index (χ3n) is 2.87. The van der Waals surface area contributed by atoms with Gasteiger partial charge in [0.05, 0.1) is 6.54 Å². The van der Waals surface area contributed by atoms with E-state index in [0.717, 1.165) is 11.1 Å². The molecule has 1 amide bonds. The lowest BCUT2D eigenvalue weighted by Gasteiger charge is -2.21. The van der Waals surface area contributed by atoms with E-state index in [4.69, 9.17) is 11.5 Å². The van der Waals surface area contributed by atoms with E-state index in [0.29, 0.717) is 18.8 Å². The molecule has 0 atom stereocenters. The van der Waals surface area contributed by atoms with E-state index in [1.165, 1.54) is 0 Å². The van der Waals surface area contributed by atoms with Gasteiger partial charge < -0.3 is 11.5 Å². The van der Waals surface area contributed by atoms with Crippen LogP contribution in [-0.4, -0.2) is 22.3 Å². The van der Waals surface area contributed by atoms with Crippen LogP contribution in [0.15, 0.2) is 48.8 Å². The Hall–Kier alpha value is -2.40. The van der Waals surface area contributed by atoms with Crippen LogP contribution >= 0.6 is 0 Å². The second-order valence-electron chi connectivity index (χ2n) is 4.72. The van der Waals surface area contributed by atoms with Crippen molar-refractivity contribution in [3.8, 4) is 0 Å². The fourth-order valence-electron chi connectivity index (χ4n) is 2.09. The summed E-state index contributed by atoms with van der Waals surface area (Å²) in [6, 6.07) is 11.5. The van der Waals surface area contributed by atoms with Crippen molar-refractivity contribution in [1.82, 2.24) is 9.88 Å². The van der Waals surface area contributed by atoms with Crippen LogP contribution < -0.4 is 11.5 Å². The minimum atomic E-state index is -0.349. The number of carbonyl (C=O) groups is 1. The molecule has 0 unspecified atom stereocenters. The fourth-order valence-corrected chi connectivity index (χ4v) is 2.09. The van der Waals surface area contributed by atoms with Gasteiger partial charge in [-0.2, -0.15) is 0 Å². The van der Waals surface area contributed by atoms with Crippen molar-refractivity contribution in [3.63, 3.8) is 0 Å². The molecule has 0 saturated carbocycles. The van der Waals surface area contributed by atoms with Gasteiger partial charge in [0.2, 0.25) is 5.91 Å². The van der Waals surface area contributed by atoms with Crippen molar-refractivity contribution >= 4 is 11.6 Å². The Morgan fingerprint density at radius 2 is 1.90 bits per heavy atom. The van der Waals surface area contributed by atoms with Gasteiger partial charge in [0, 0.05) is 31.2 Å². The summed E-state index contributed by atoms with van der Waals surface area (Å²) in [5.74, 6) is -0.349. The summed E-state index contributed by atoms with van der Waals surface area (Å²) in [7, 11) is 0. The summed E-state index contributed by atoms with van der Waals surface area (Å²) < 4.78 is 0. The molecule has 0 saturated heterocycles. The first-order valence-electron chi connectivity index (χ1n) is 6.37. The number of amides is 1. The summed E-state index contributed by atoms with van der Waals surface area (Å²) in [4.78, 5) is 17.2. The first-order valence-corrected chi connectivity index (χ1v) is 6.37. The minimum absolute atomic E-state index is 0.198. The van der Waals surface area contributed by atoms with Crippen molar-refractivity contribution in [2.75, 3.05) is 12.3 Å². The van der Waals surface area contributed by atoms with Crippen LogP contribution in [0.3, 0.4) is 0 Å². The number of hydrogen-bond donors (Lipinski definition) is 2. The Bertz CT molecular complexity index is 571. The molecule has 0 aliphatic carbocycles. The van der Waals surface area contributed by atoms with Gasteiger partial charge in [0.1, 0.15) is 0 Å². The van der Waals surface area contributed by atoms with Crippen molar-refractivity contribution in [3.05, 3.63) is 59.9 Å². The minimum Gasteiger partial charge on any atom is -0.399 e. The zero-order chi connectivity index (χ0) is 14.4. The topological polar surface area (TPSA) is 85.2 Å². The summed E-state index contributed by atoms with van der Waals surface area (Å²) >= 11 is 0. The Kier molecular flexibility index (Phi) is 4.68. The maximum Gasteiger partial charge on any atom is 0.231 e. The highest BCUT2D eigenvalue weighted by Crippen LogP contribution is 2.12. The first kappa shape index (κ1) is 14.0. The number of nitrogen functional groups attached to an aromatic ring is 1. The largest absolute Gasteiger partial charge is 0.399 e. The molecule has 1 aromatic heterocycles. The molecule has 2 rings (SSSR count). The molecule has 1 heterocycles. The molecular formula is C15H18N4O. The fraction of sp³-hybridized carbons (Fsp3) is 0.200. The van der Waals surface area contributed by atoms with E-state index in [9.17, 15) is 4.79 Å². The molecule has 4 N–H and O–H groups in total. The normalized spacial score (nSPS) is 10.7. The molecule has 5 heteroatoms. The second kappa shape index (κ2) is 6.68. The second-order valence-corrected chi connectivity index (χ2v) is 4.72. The maximum absolute atomic E-state index is 11.2. The zero-order valence-corrected chi connectivity index (χ0v) is 11.2. The van der Waals surface area contributed by atoms with Crippen molar-refractivity contribution in [2.24, 2.45) is 5.73 Å². The molecule has 5 nitrogen and oxygen atoms in total. The summed E-state index contributed by atoms with van der Waals surface area (Å²) in [6.07, 6.45) is 3.51. The van der Waals surface area contributed by atoms with Crippen LogP contribution in [0.5, 0.6) is 0 Å². The molecule has 0 bridgehead atoms. The number of hydrogen-bond acceptors (Lipinski definition) is 4. The average Bonchev–Trinajstić information content (AvgIpc) is 2.39. The quantitative estimate of drug-likeness (QED) is 0.771. The predicted molar refractivity (Wildman–Crippen MR) is 78.4 cm³/mol. The monoisotopic (exact) mass is 270 g/mol. The Labute approximate surface area is 118 Å². The average molecular weight is 270 g/mol. The zero-order valence-electron chi connectivity index (χ0n) is 11.2. The highest BCUT2D eigenvalue weighted by Gasteiger charge is 2.10. The van der Waals surface area contributed by atoms with Crippen molar-refractivity contribution in [1.29, 1.82) is 0 Å². The number of benzene rings is 1. The van der Waals surface area contributed by atoms with Crippen LogP contribution in [0.25, 0.3) is 0 Å². The number of aromatic nitrogens is 1. The van der Waals surface area contributed by atoms with Gasteiger partial charge in [-0.05, 0) is 29.3 Å². The van der Waals surface area contributed by atoms with Crippen LogP contribution in [0.2, 0.25) is 0 Å². The van der Waals surface area contributed by atoms with E-state index in [1.807, 2.05) is 41.3 Å². The van der Waals surface area contributed by atoms with Crippen LogP contribution in [0, 0.1) is 0 Å². The number of primary amides is 1.